The van der Waals surface area contributed by atoms with E-state index in [1.165, 1.54) is 19.3 Å². The van der Waals surface area contributed by atoms with E-state index in [1.807, 2.05) is 91.0 Å². The topological polar surface area (TPSA) is 27.7 Å². The Bertz CT molecular complexity index is 792. The third-order valence-electron chi connectivity index (χ3n) is 4.85. The average Bonchev–Trinajstić information content (AvgIpc) is 2.76. The first kappa shape index (κ1) is 19.0. The highest BCUT2D eigenvalue weighted by molar-refractivity contribution is 7.70. The fourth-order valence-corrected chi connectivity index (χ4v) is 5.84. The molecule has 144 valence electrons. The Kier molecular flexibility index (Phi) is 6.26. The maximum atomic E-state index is 6.74. The molecule has 0 aliphatic heterocycles. The van der Waals surface area contributed by atoms with Gasteiger partial charge in [0.2, 0.25) is 5.30 Å². The first-order chi connectivity index (χ1) is 13.8. The SMILES string of the molecule is c1ccc(O[P+](Oc2ccccc2)(OC2CCCCC2)c2ccccc2)cc1. The number of benzene rings is 3. The zero-order valence-corrected chi connectivity index (χ0v) is 16.8. The molecule has 0 atom stereocenters. The van der Waals surface area contributed by atoms with Crippen LogP contribution in [0, 0.1) is 0 Å². The lowest BCUT2D eigenvalue weighted by atomic mass is 9.98. The molecule has 0 amide bonds. The smallest absolute Gasteiger partial charge is 0.274 e. The summed E-state index contributed by atoms with van der Waals surface area (Å²) in [6.45, 7) is 0. The van der Waals surface area contributed by atoms with Gasteiger partial charge < -0.3 is 0 Å². The van der Waals surface area contributed by atoms with Gasteiger partial charge in [0.15, 0.2) is 11.5 Å². The lowest BCUT2D eigenvalue weighted by Crippen LogP contribution is -2.29. The average molecular weight is 393 g/mol. The maximum absolute atomic E-state index is 6.74. The lowest BCUT2D eigenvalue weighted by Gasteiger charge is -2.28. The van der Waals surface area contributed by atoms with Crippen molar-refractivity contribution in [2.24, 2.45) is 0 Å². The highest BCUT2D eigenvalue weighted by Gasteiger charge is 2.53. The molecule has 1 aliphatic rings. The molecule has 0 spiro atoms. The predicted molar refractivity (Wildman–Crippen MR) is 115 cm³/mol. The summed E-state index contributed by atoms with van der Waals surface area (Å²) < 4.78 is 19.9. The standard InChI is InChI=1S/C24H26O3P/c1-5-13-21(14-6-1)25-28(24-19-11-4-12-20-24,26-22-15-7-2-8-16-22)27-23-17-9-3-10-18-23/h1-2,4-8,11-16,19-20,23H,3,9-10,17-18H2/q+1. The van der Waals surface area contributed by atoms with Crippen LogP contribution in [0.5, 0.6) is 11.5 Å². The van der Waals surface area contributed by atoms with Crippen LogP contribution in [-0.2, 0) is 4.52 Å². The summed E-state index contributed by atoms with van der Waals surface area (Å²) in [4.78, 5) is 0. The minimum atomic E-state index is -2.86. The third kappa shape index (κ3) is 4.73. The summed E-state index contributed by atoms with van der Waals surface area (Å²) in [7, 11) is -2.86. The van der Waals surface area contributed by atoms with Crippen molar-refractivity contribution in [3.63, 3.8) is 0 Å². The molecule has 0 radical (unpaired) electrons. The van der Waals surface area contributed by atoms with Crippen molar-refractivity contribution in [2.45, 2.75) is 38.2 Å². The van der Waals surface area contributed by atoms with Crippen molar-refractivity contribution >= 4 is 13.2 Å². The largest absolute Gasteiger partial charge is 0.535 e. The van der Waals surface area contributed by atoms with Gasteiger partial charge in [0.1, 0.15) is 6.10 Å². The molecule has 3 aromatic rings. The van der Waals surface area contributed by atoms with Crippen LogP contribution < -0.4 is 14.4 Å². The molecular formula is C24H26O3P+. The summed E-state index contributed by atoms with van der Waals surface area (Å²) in [6.07, 6.45) is 5.90. The highest BCUT2D eigenvalue weighted by atomic mass is 31.2. The van der Waals surface area contributed by atoms with Crippen LogP contribution in [0.1, 0.15) is 32.1 Å². The molecule has 1 saturated carbocycles. The van der Waals surface area contributed by atoms with E-state index < -0.39 is 7.94 Å². The molecule has 1 aliphatic carbocycles. The van der Waals surface area contributed by atoms with Crippen molar-refractivity contribution in [1.82, 2.24) is 0 Å². The van der Waals surface area contributed by atoms with Crippen molar-refractivity contribution in [2.75, 3.05) is 0 Å². The molecule has 0 aromatic heterocycles. The van der Waals surface area contributed by atoms with Crippen LogP contribution in [0.2, 0.25) is 0 Å². The van der Waals surface area contributed by atoms with Gasteiger partial charge in [-0.1, -0.05) is 73.9 Å². The van der Waals surface area contributed by atoms with Crippen LogP contribution in [0.3, 0.4) is 0 Å². The monoisotopic (exact) mass is 393 g/mol. The molecule has 1 fully saturated rings. The van der Waals surface area contributed by atoms with Gasteiger partial charge in [0.25, 0.3) is 0 Å². The highest BCUT2D eigenvalue weighted by Crippen LogP contribution is 2.61. The second kappa shape index (κ2) is 9.23. The Balaban J connectivity index is 1.74. The second-order valence-electron chi connectivity index (χ2n) is 7.01. The maximum Gasteiger partial charge on any atom is 0.535 e. The van der Waals surface area contributed by atoms with E-state index in [4.69, 9.17) is 13.6 Å². The summed E-state index contributed by atoms with van der Waals surface area (Å²) in [6, 6.07) is 29.8. The van der Waals surface area contributed by atoms with Crippen LogP contribution in [0.15, 0.2) is 91.0 Å². The Morgan fingerprint density at radius 3 is 1.54 bits per heavy atom. The molecule has 0 bridgehead atoms. The normalized spacial score (nSPS) is 15.1. The number of hydrogen-bond donors (Lipinski definition) is 0. The van der Waals surface area contributed by atoms with E-state index in [0.29, 0.717) is 0 Å². The van der Waals surface area contributed by atoms with Gasteiger partial charge in [-0.2, -0.15) is 4.52 Å². The van der Waals surface area contributed by atoms with Gasteiger partial charge in [-0.15, -0.1) is 0 Å². The van der Waals surface area contributed by atoms with Crippen LogP contribution in [0.25, 0.3) is 0 Å². The zero-order valence-electron chi connectivity index (χ0n) is 15.9. The van der Waals surface area contributed by atoms with E-state index in [0.717, 1.165) is 29.6 Å². The Morgan fingerprint density at radius 1 is 0.571 bits per heavy atom. The fraction of sp³-hybridized carbons (Fsp3) is 0.250. The number of rotatable bonds is 7. The first-order valence-corrected chi connectivity index (χ1v) is 11.5. The van der Waals surface area contributed by atoms with E-state index in [2.05, 4.69) is 0 Å². The van der Waals surface area contributed by atoms with Crippen molar-refractivity contribution < 1.29 is 13.6 Å². The van der Waals surface area contributed by atoms with Gasteiger partial charge in [-0.25, -0.2) is 0 Å². The number of hydrogen-bond acceptors (Lipinski definition) is 3. The van der Waals surface area contributed by atoms with Crippen LogP contribution >= 0.6 is 7.94 Å². The van der Waals surface area contributed by atoms with E-state index in [-0.39, 0.29) is 6.10 Å². The lowest BCUT2D eigenvalue weighted by molar-refractivity contribution is 0.131. The Morgan fingerprint density at radius 2 is 1.04 bits per heavy atom. The zero-order chi connectivity index (χ0) is 19.1. The molecule has 0 saturated heterocycles. The third-order valence-corrected chi connectivity index (χ3v) is 7.26. The molecule has 3 nitrogen and oxygen atoms in total. The summed E-state index contributed by atoms with van der Waals surface area (Å²) in [5, 5.41) is 0.952. The van der Waals surface area contributed by atoms with E-state index in [1.54, 1.807) is 0 Å². The minimum Gasteiger partial charge on any atom is -0.274 e. The minimum absolute atomic E-state index is 0.148. The predicted octanol–water partition coefficient (Wildman–Crippen LogP) is 6.58. The summed E-state index contributed by atoms with van der Waals surface area (Å²) in [5.41, 5.74) is 0. The van der Waals surface area contributed by atoms with Crippen molar-refractivity contribution in [1.29, 1.82) is 0 Å². The van der Waals surface area contributed by atoms with Crippen LogP contribution in [-0.4, -0.2) is 6.10 Å². The Labute approximate surface area is 167 Å². The molecule has 0 heterocycles. The molecular weight excluding hydrogens is 367 g/mol. The van der Waals surface area contributed by atoms with Crippen LogP contribution in [0.4, 0.5) is 0 Å². The van der Waals surface area contributed by atoms with Crippen molar-refractivity contribution in [3.05, 3.63) is 91.0 Å². The summed E-state index contributed by atoms with van der Waals surface area (Å²) in [5.74, 6) is 1.51. The molecule has 28 heavy (non-hydrogen) atoms. The molecule has 0 unspecified atom stereocenters. The molecule has 0 N–H and O–H groups in total. The van der Waals surface area contributed by atoms with Gasteiger partial charge in [0.05, 0.1) is 0 Å². The van der Waals surface area contributed by atoms with Gasteiger partial charge >= 0.3 is 7.94 Å². The molecule has 4 rings (SSSR count). The Hall–Kier alpha value is -2.35. The summed E-state index contributed by atoms with van der Waals surface area (Å²) >= 11 is 0. The second-order valence-corrected chi connectivity index (χ2v) is 9.09. The molecule has 3 aromatic carbocycles. The number of para-hydroxylation sites is 2. The van der Waals surface area contributed by atoms with Gasteiger partial charge in [-0.3, -0.25) is 9.05 Å². The van der Waals surface area contributed by atoms with Gasteiger partial charge in [-0.05, 0) is 49.2 Å². The molecule has 4 heteroatoms. The van der Waals surface area contributed by atoms with Gasteiger partial charge in [0, 0.05) is 0 Å². The first-order valence-electron chi connectivity index (χ1n) is 9.96. The van der Waals surface area contributed by atoms with E-state index >= 15 is 0 Å². The van der Waals surface area contributed by atoms with E-state index in [9.17, 15) is 0 Å². The fourth-order valence-electron chi connectivity index (χ4n) is 3.45. The quantitative estimate of drug-likeness (QED) is 0.424. The van der Waals surface area contributed by atoms with Crippen molar-refractivity contribution in [3.8, 4) is 11.5 Å².